The van der Waals surface area contributed by atoms with Gasteiger partial charge in [0.1, 0.15) is 5.75 Å². The minimum absolute atomic E-state index is 0.389. The minimum atomic E-state index is -2.66. The van der Waals surface area contributed by atoms with Crippen LogP contribution in [-0.4, -0.2) is 16.4 Å². The molecule has 0 bridgehead atoms. The van der Waals surface area contributed by atoms with Crippen molar-refractivity contribution in [2.24, 2.45) is 0 Å². The van der Waals surface area contributed by atoms with E-state index in [1.807, 2.05) is 12.1 Å². The van der Waals surface area contributed by atoms with Crippen molar-refractivity contribution in [2.45, 2.75) is 13.0 Å². The maximum atomic E-state index is 12.9. The van der Waals surface area contributed by atoms with Gasteiger partial charge in [0.05, 0.1) is 23.0 Å². The van der Waals surface area contributed by atoms with Gasteiger partial charge in [0.2, 0.25) is 0 Å². The molecular weight excluding hydrogens is 306 g/mol. The van der Waals surface area contributed by atoms with Crippen molar-refractivity contribution in [3.8, 4) is 17.0 Å². The van der Waals surface area contributed by atoms with Gasteiger partial charge < -0.3 is 4.74 Å². The van der Waals surface area contributed by atoms with Crippen LogP contribution in [0, 0.1) is 0 Å². The summed E-state index contributed by atoms with van der Waals surface area (Å²) >= 11 is 3.25. The Morgan fingerprint density at radius 2 is 2.22 bits per heavy atom. The topological polar surface area (TPSA) is 27.1 Å². The molecule has 6 heteroatoms. The van der Waals surface area contributed by atoms with Crippen LogP contribution >= 0.6 is 15.9 Å². The van der Waals surface area contributed by atoms with E-state index in [0.29, 0.717) is 27.0 Å². The highest BCUT2D eigenvalue weighted by Gasteiger charge is 2.20. The predicted octanol–water partition coefficient (Wildman–Crippen LogP) is 3.64. The first kappa shape index (κ1) is 11.6. The molecule has 3 nitrogen and oxygen atoms in total. The smallest absolute Gasteiger partial charge is 0.333 e. The molecule has 94 valence electrons. The molecule has 3 rings (SSSR count). The number of nitrogens with zero attached hydrogens (tertiary/aromatic N) is 2. The number of alkyl halides is 2. The Kier molecular flexibility index (Phi) is 2.81. The summed E-state index contributed by atoms with van der Waals surface area (Å²) < 4.78 is 32.4. The fraction of sp³-hybridized carbons (Fsp3) is 0.250. The maximum absolute atomic E-state index is 12.9. The van der Waals surface area contributed by atoms with E-state index >= 15 is 0 Å². The highest BCUT2D eigenvalue weighted by Crippen LogP contribution is 2.35. The van der Waals surface area contributed by atoms with Gasteiger partial charge in [-0.05, 0) is 39.7 Å². The summed E-state index contributed by atoms with van der Waals surface area (Å²) in [5, 5.41) is 3.67. The molecule has 0 N–H and O–H groups in total. The second kappa shape index (κ2) is 4.35. The van der Waals surface area contributed by atoms with Gasteiger partial charge in [-0.1, -0.05) is 0 Å². The van der Waals surface area contributed by atoms with Gasteiger partial charge in [0, 0.05) is 12.0 Å². The van der Waals surface area contributed by atoms with Gasteiger partial charge in [-0.15, -0.1) is 0 Å². The van der Waals surface area contributed by atoms with Gasteiger partial charge in [-0.3, -0.25) is 0 Å². The first-order valence-corrected chi connectivity index (χ1v) is 6.23. The normalized spacial score (nSPS) is 13.8. The molecule has 2 aromatic rings. The minimum Gasteiger partial charge on any atom is -0.493 e. The Balaban J connectivity index is 2.12. The standard InChI is InChI=1S/C12H9BrF2N2O/c13-9-6-16-17(12(14)15)11(9)8-1-2-10-7(5-8)3-4-18-10/h1-2,5-6,12H,3-4H2. The van der Waals surface area contributed by atoms with Crippen LogP contribution in [0.25, 0.3) is 11.3 Å². The first-order valence-electron chi connectivity index (χ1n) is 5.44. The van der Waals surface area contributed by atoms with Gasteiger partial charge in [0.25, 0.3) is 0 Å². The van der Waals surface area contributed by atoms with Crippen LogP contribution in [0.4, 0.5) is 8.78 Å². The van der Waals surface area contributed by atoms with Crippen LogP contribution in [0.3, 0.4) is 0 Å². The van der Waals surface area contributed by atoms with Crippen molar-refractivity contribution >= 4 is 15.9 Å². The lowest BCUT2D eigenvalue weighted by atomic mass is 10.1. The molecule has 2 heterocycles. The van der Waals surface area contributed by atoms with Gasteiger partial charge in [0.15, 0.2) is 0 Å². The van der Waals surface area contributed by atoms with Crippen molar-refractivity contribution in [1.29, 1.82) is 0 Å². The third kappa shape index (κ3) is 1.80. The summed E-state index contributed by atoms with van der Waals surface area (Å²) in [6.07, 6.45) is 2.19. The van der Waals surface area contributed by atoms with E-state index in [1.165, 1.54) is 6.20 Å². The predicted molar refractivity (Wildman–Crippen MR) is 65.8 cm³/mol. The molecule has 0 unspecified atom stereocenters. The number of aromatic nitrogens is 2. The summed E-state index contributed by atoms with van der Waals surface area (Å²) in [7, 11) is 0. The number of rotatable bonds is 2. The van der Waals surface area contributed by atoms with Gasteiger partial charge in [-0.2, -0.15) is 13.9 Å². The monoisotopic (exact) mass is 314 g/mol. The Morgan fingerprint density at radius 3 is 3.00 bits per heavy atom. The van der Waals surface area contributed by atoms with Crippen LogP contribution in [0.15, 0.2) is 28.9 Å². The third-order valence-electron chi connectivity index (χ3n) is 2.90. The summed E-state index contributed by atoms with van der Waals surface area (Å²) in [5.74, 6) is 0.831. The van der Waals surface area contributed by atoms with Gasteiger partial charge in [-0.25, -0.2) is 4.68 Å². The van der Waals surface area contributed by atoms with E-state index in [2.05, 4.69) is 21.0 Å². The second-order valence-corrected chi connectivity index (χ2v) is 4.84. The van der Waals surface area contributed by atoms with Crippen LogP contribution in [0.2, 0.25) is 0 Å². The average Bonchev–Trinajstić information content (AvgIpc) is 2.93. The fourth-order valence-electron chi connectivity index (χ4n) is 2.09. The summed E-state index contributed by atoms with van der Waals surface area (Å²) in [6, 6.07) is 5.46. The lowest BCUT2D eigenvalue weighted by Gasteiger charge is -2.08. The maximum Gasteiger partial charge on any atom is 0.333 e. The number of hydrogen-bond donors (Lipinski definition) is 0. The van der Waals surface area contributed by atoms with Crippen molar-refractivity contribution in [3.63, 3.8) is 0 Å². The molecule has 0 aliphatic carbocycles. The highest BCUT2D eigenvalue weighted by atomic mass is 79.9. The zero-order chi connectivity index (χ0) is 12.7. The molecule has 0 fully saturated rings. The molecule has 0 amide bonds. The summed E-state index contributed by atoms with van der Waals surface area (Å²) in [4.78, 5) is 0. The van der Waals surface area contributed by atoms with Crippen molar-refractivity contribution in [3.05, 3.63) is 34.4 Å². The fourth-order valence-corrected chi connectivity index (χ4v) is 2.60. The van der Waals surface area contributed by atoms with E-state index in [-0.39, 0.29) is 0 Å². The Morgan fingerprint density at radius 1 is 1.39 bits per heavy atom. The van der Waals surface area contributed by atoms with Crippen molar-refractivity contribution in [1.82, 2.24) is 9.78 Å². The van der Waals surface area contributed by atoms with Gasteiger partial charge >= 0.3 is 6.55 Å². The number of benzene rings is 1. The molecular formula is C12H9BrF2N2O. The van der Waals surface area contributed by atoms with E-state index in [1.54, 1.807) is 6.07 Å². The highest BCUT2D eigenvalue weighted by molar-refractivity contribution is 9.10. The largest absolute Gasteiger partial charge is 0.493 e. The number of halogens is 3. The lowest BCUT2D eigenvalue weighted by molar-refractivity contribution is 0.0585. The van der Waals surface area contributed by atoms with E-state index in [4.69, 9.17) is 4.74 Å². The Labute approximate surface area is 110 Å². The third-order valence-corrected chi connectivity index (χ3v) is 3.48. The molecule has 1 aromatic heterocycles. The van der Waals surface area contributed by atoms with Crippen molar-refractivity contribution in [2.75, 3.05) is 6.61 Å². The Hall–Kier alpha value is -1.43. The number of hydrogen-bond acceptors (Lipinski definition) is 2. The SMILES string of the molecule is FC(F)n1ncc(Br)c1-c1ccc2c(c1)CCO2. The first-order chi connectivity index (χ1) is 8.66. The summed E-state index contributed by atoms with van der Waals surface area (Å²) in [5.41, 5.74) is 2.14. The summed E-state index contributed by atoms with van der Waals surface area (Å²) in [6.45, 7) is -2.01. The van der Waals surface area contributed by atoms with Crippen LogP contribution in [-0.2, 0) is 6.42 Å². The van der Waals surface area contributed by atoms with Crippen LogP contribution in [0.5, 0.6) is 5.75 Å². The zero-order valence-electron chi connectivity index (χ0n) is 9.24. The van der Waals surface area contributed by atoms with Crippen LogP contribution in [0.1, 0.15) is 12.1 Å². The molecule has 1 aliphatic heterocycles. The lowest BCUT2D eigenvalue weighted by Crippen LogP contribution is -2.02. The molecule has 1 aliphatic rings. The molecule has 1 aromatic carbocycles. The quantitative estimate of drug-likeness (QED) is 0.846. The molecule has 18 heavy (non-hydrogen) atoms. The number of fused-ring (bicyclic) bond motifs is 1. The Bertz CT molecular complexity index is 598. The molecule has 0 saturated carbocycles. The average molecular weight is 315 g/mol. The molecule has 0 atom stereocenters. The van der Waals surface area contributed by atoms with E-state index in [9.17, 15) is 8.78 Å². The molecule has 0 spiro atoms. The van der Waals surface area contributed by atoms with E-state index < -0.39 is 6.55 Å². The molecule has 0 saturated heterocycles. The zero-order valence-corrected chi connectivity index (χ0v) is 10.8. The van der Waals surface area contributed by atoms with Crippen molar-refractivity contribution < 1.29 is 13.5 Å². The second-order valence-electron chi connectivity index (χ2n) is 3.98. The van der Waals surface area contributed by atoms with E-state index in [0.717, 1.165) is 17.7 Å². The molecule has 0 radical (unpaired) electrons. The number of ether oxygens (including phenoxy) is 1. The van der Waals surface area contributed by atoms with Crippen LogP contribution < -0.4 is 4.74 Å².